The molecule has 1 nitrogen and oxygen atoms in total. The van der Waals surface area contributed by atoms with E-state index < -0.39 is 0 Å². The summed E-state index contributed by atoms with van der Waals surface area (Å²) in [6.45, 7) is 7.97. The van der Waals surface area contributed by atoms with Gasteiger partial charge in [0, 0.05) is 17.2 Å². The number of nitrogens with one attached hydrogen (secondary N) is 1. The van der Waals surface area contributed by atoms with Gasteiger partial charge < -0.3 is 5.32 Å². The first kappa shape index (κ1) is 12.3. The van der Waals surface area contributed by atoms with Crippen LogP contribution in [0.4, 0.5) is 0 Å². The van der Waals surface area contributed by atoms with Gasteiger partial charge in [-0.05, 0) is 30.7 Å². The summed E-state index contributed by atoms with van der Waals surface area (Å²) in [6.07, 6.45) is 3.12. The van der Waals surface area contributed by atoms with Gasteiger partial charge in [0.2, 0.25) is 0 Å². The van der Waals surface area contributed by atoms with E-state index in [4.69, 9.17) is 0 Å². The first-order valence-electron chi connectivity index (χ1n) is 5.40. The molecule has 0 heterocycles. The maximum Gasteiger partial charge on any atom is 0.0205 e. The minimum absolute atomic E-state index is 0.969. The molecule has 0 amide bonds. The lowest BCUT2D eigenvalue weighted by molar-refractivity contribution is 0.674. The molecule has 1 rings (SSSR count). The van der Waals surface area contributed by atoms with Crippen LogP contribution in [0.1, 0.15) is 18.9 Å². The third kappa shape index (κ3) is 5.05. The molecular weight excluding hydrogens is 202 g/mol. The van der Waals surface area contributed by atoms with Crippen molar-refractivity contribution in [2.24, 2.45) is 0 Å². The topological polar surface area (TPSA) is 12.0 Å². The van der Waals surface area contributed by atoms with Crippen LogP contribution >= 0.6 is 11.8 Å². The van der Waals surface area contributed by atoms with Crippen molar-refractivity contribution in [1.29, 1.82) is 0 Å². The van der Waals surface area contributed by atoms with Crippen molar-refractivity contribution in [3.63, 3.8) is 0 Å². The predicted molar refractivity (Wildman–Crippen MR) is 69.4 cm³/mol. The Morgan fingerprint density at radius 2 is 2.33 bits per heavy atom. The van der Waals surface area contributed by atoms with Gasteiger partial charge in [-0.1, -0.05) is 25.1 Å². The lowest BCUT2D eigenvalue weighted by Crippen LogP contribution is -2.13. The summed E-state index contributed by atoms with van der Waals surface area (Å²) in [5.74, 6) is 0.978. The normalized spacial score (nSPS) is 10.2. The molecule has 2 heteroatoms. The highest BCUT2D eigenvalue weighted by molar-refractivity contribution is 7.99. The smallest absolute Gasteiger partial charge is 0.0205 e. The molecule has 0 unspecified atom stereocenters. The third-order valence-electron chi connectivity index (χ3n) is 2.02. The number of hydrogen-bond acceptors (Lipinski definition) is 2. The quantitative estimate of drug-likeness (QED) is 0.430. The van der Waals surface area contributed by atoms with E-state index in [1.807, 2.05) is 17.8 Å². The van der Waals surface area contributed by atoms with Crippen molar-refractivity contribution in [3.05, 3.63) is 42.5 Å². The molecule has 0 spiro atoms. The van der Waals surface area contributed by atoms with E-state index in [0.717, 1.165) is 18.8 Å². The molecule has 1 aromatic carbocycles. The van der Waals surface area contributed by atoms with Crippen LogP contribution < -0.4 is 5.32 Å². The Morgan fingerprint density at radius 1 is 1.47 bits per heavy atom. The lowest BCUT2D eigenvalue weighted by Gasteiger charge is -2.05. The molecule has 0 aliphatic heterocycles. The molecule has 1 N–H and O–H groups in total. The van der Waals surface area contributed by atoms with E-state index in [1.54, 1.807) is 0 Å². The van der Waals surface area contributed by atoms with Gasteiger partial charge in [0.05, 0.1) is 0 Å². The van der Waals surface area contributed by atoms with E-state index in [9.17, 15) is 0 Å². The molecule has 0 saturated carbocycles. The highest BCUT2D eigenvalue weighted by atomic mass is 32.2. The van der Waals surface area contributed by atoms with E-state index in [1.165, 1.54) is 16.9 Å². The predicted octanol–water partition coefficient (Wildman–Crippen LogP) is 3.46. The Kier molecular flexibility index (Phi) is 6.21. The second-order valence-electron chi connectivity index (χ2n) is 3.42. The fraction of sp³-hybridized carbons (Fsp3) is 0.385. The zero-order chi connectivity index (χ0) is 10.9. The number of hydrogen-bond donors (Lipinski definition) is 1. The van der Waals surface area contributed by atoms with Crippen LogP contribution in [-0.4, -0.2) is 12.3 Å². The van der Waals surface area contributed by atoms with Crippen LogP contribution in [0.15, 0.2) is 41.8 Å². The van der Waals surface area contributed by atoms with Gasteiger partial charge in [0.1, 0.15) is 0 Å². The molecule has 0 fully saturated rings. The van der Waals surface area contributed by atoms with Crippen molar-refractivity contribution in [2.75, 3.05) is 12.3 Å². The molecule has 0 saturated heterocycles. The number of thioether (sulfide) groups is 1. The Bertz CT molecular complexity index is 296. The van der Waals surface area contributed by atoms with Crippen LogP contribution in [0.5, 0.6) is 0 Å². The summed E-state index contributed by atoms with van der Waals surface area (Å²) >= 11 is 1.83. The Morgan fingerprint density at radius 3 is 3.07 bits per heavy atom. The third-order valence-corrected chi connectivity index (χ3v) is 3.01. The molecule has 0 aliphatic carbocycles. The van der Waals surface area contributed by atoms with Gasteiger partial charge in [-0.2, -0.15) is 0 Å². The van der Waals surface area contributed by atoms with Crippen molar-refractivity contribution in [1.82, 2.24) is 5.32 Å². The maximum atomic E-state index is 3.73. The summed E-state index contributed by atoms with van der Waals surface area (Å²) in [7, 11) is 0. The molecule has 0 atom stereocenters. The fourth-order valence-corrected chi connectivity index (χ4v) is 2.03. The highest BCUT2D eigenvalue weighted by Gasteiger charge is 1.95. The van der Waals surface area contributed by atoms with Gasteiger partial charge in [0.25, 0.3) is 0 Å². The summed E-state index contributed by atoms with van der Waals surface area (Å²) in [6, 6.07) is 8.68. The van der Waals surface area contributed by atoms with E-state index >= 15 is 0 Å². The fourth-order valence-electron chi connectivity index (χ4n) is 1.31. The zero-order valence-electron chi connectivity index (χ0n) is 9.33. The van der Waals surface area contributed by atoms with E-state index in [0.29, 0.717) is 0 Å². The molecule has 0 bridgehead atoms. The van der Waals surface area contributed by atoms with Gasteiger partial charge >= 0.3 is 0 Å². The minimum Gasteiger partial charge on any atom is -0.313 e. The van der Waals surface area contributed by atoms with Gasteiger partial charge in [-0.15, -0.1) is 18.3 Å². The SMILES string of the molecule is C=CCSc1cccc(CNCCC)c1. The molecule has 82 valence electrons. The summed E-state index contributed by atoms with van der Waals surface area (Å²) in [5, 5.41) is 3.41. The molecule has 0 aromatic heterocycles. The van der Waals surface area contributed by atoms with Crippen molar-refractivity contribution < 1.29 is 0 Å². The van der Waals surface area contributed by atoms with Crippen LogP contribution in [-0.2, 0) is 6.54 Å². The zero-order valence-corrected chi connectivity index (χ0v) is 10.1. The van der Waals surface area contributed by atoms with Gasteiger partial charge in [-0.3, -0.25) is 0 Å². The van der Waals surface area contributed by atoms with Gasteiger partial charge in [0.15, 0.2) is 0 Å². The minimum atomic E-state index is 0.969. The molecular formula is C13H19NS. The van der Waals surface area contributed by atoms with Gasteiger partial charge in [-0.25, -0.2) is 0 Å². The van der Waals surface area contributed by atoms with Crippen LogP contribution in [0.25, 0.3) is 0 Å². The van der Waals surface area contributed by atoms with Crippen LogP contribution in [0, 0.1) is 0 Å². The van der Waals surface area contributed by atoms with Crippen LogP contribution in [0.2, 0.25) is 0 Å². The second-order valence-corrected chi connectivity index (χ2v) is 4.52. The largest absolute Gasteiger partial charge is 0.313 e. The number of benzene rings is 1. The van der Waals surface area contributed by atoms with E-state index in [2.05, 4.69) is 43.1 Å². The first-order valence-corrected chi connectivity index (χ1v) is 6.38. The van der Waals surface area contributed by atoms with Crippen molar-refractivity contribution in [3.8, 4) is 0 Å². The van der Waals surface area contributed by atoms with Crippen LogP contribution in [0.3, 0.4) is 0 Å². The van der Waals surface area contributed by atoms with E-state index in [-0.39, 0.29) is 0 Å². The average molecular weight is 221 g/mol. The second kappa shape index (κ2) is 7.55. The summed E-state index contributed by atoms with van der Waals surface area (Å²) in [5.41, 5.74) is 1.36. The monoisotopic (exact) mass is 221 g/mol. The first-order chi connectivity index (χ1) is 7.36. The molecule has 1 aromatic rings. The molecule has 0 radical (unpaired) electrons. The Hall–Kier alpha value is -0.730. The average Bonchev–Trinajstić information content (AvgIpc) is 2.27. The molecule has 15 heavy (non-hydrogen) atoms. The summed E-state index contributed by atoms with van der Waals surface area (Å²) in [4.78, 5) is 1.32. The molecule has 0 aliphatic rings. The highest BCUT2D eigenvalue weighted by Crippen LogP contribution is 2.18. The Balaban J connectivity index is 2.46. The van der Waals surface area contributed by atoms with Crippen molar-refractivity contribution in [2.45, 2.75) is 24.8 Å². The standard InChI is InChI=1S/C13H19NS/c1-3-8-14-11-12-6-5-7-13(10-12)15-9-4-2/h4-7,10,14H,2-3,8-9,11H2,1H3. The number of rotatable bonds is 7. The lowest BCUT2D eigenvalue weighted by atomic mass is 10.2. The Labute approximate surface area is 97.0 Å². The summed E-state index contributed by atoms with van der Waals surface area (Å²) < 4.78 is 0. The maximum absolute atomic E-state index is 3.73. The van der Waals surface area contributed by atoms with Crippen molar-refractivity contribution >= 4 is 11.8 Å².